The number of aliphatic hydroxyl groups excluding tert-OH is 1. The van der Waals surface area contributed by atoms with E-state index >= 15 is 0 Å². The van der Waals surface area contributed by atoms with Crippen molar-refractivity contribution in [2.24, 2.45) is 39.7 Å². The quantitative estimate of drug-likeness (QED) is 0.490. The van der Waals surface area contributed by atoms with Crippen LogP contribution in [0, 0.1) is 34.0 Å². The number of hydrogen-bond acceptors (Lipinski definition) is 6. The largest absolute Gasteiger partial charge is 0.458 e. The van der Waals surface area contributed by atoms with Crippen LogP contribution in [-0.4, -0.2) is 40.2 Å². The molecule has 3 fully saturated rings. The van der Waals surface area contributed by atoms with Crippen LogP contribution in [0.3, 0.4) is 0 Å². The topological polar surface area (TPSA) is 112 Å². The molecule has 0 radical (unpaired) electrons. The molecule has 1 heterocycles. The first-order valence-corrected chi connectivity index (χ1v) is 12.9. The summed E-state index contributed by atoms with van der Waals surface area (Å²) in [5.74, 6) is -0.771. The summed E-state index contributed by atoms with van der Waals surface area (Å²) in [4.78, 5) is 39.6. The van der Waals surface area contributed by atoms with E-state index in [1.165, 1.54) is 12.3 Å². The summed E-state index contributed by atoms with van der Waals surface area (Å²) in [6, 6.07) is 1.35. The monoisotopic (exact) mass is 484 g/mol. The van der Waals surface area contributed by atoms with Crippen molar-refractivity contribution in [3.8, 4) is 0 Å². The number of nitrogens with two attached hydrogens (primary N) is 1. The van der Waals surface area contributed by atoms with Gasteiger partial charge in [0.1, 0.15) is 17.5 Å². The van der Waals surface area contributed by atoms with Gasteiger partial charge in [0.25, 0.3) is 0 Å². The third-order valence-corrected chi connectivity index (χ3v) is 10.1. The van der Waals surface area contributed by atoms with E-state index in [4.69, 9.17) is 10.5 Å². The molecule has 192 valence electrons. The van der Waals surface area contributed by atoms with Crippen LogP contribution in [0.2, 0.25) is 0 Å². The summed E-state index contributed by atoms with van der Waals surface area (Å²) in [7, 11) is 0. The summed E-state index contributed by atoms with van der Waals surface area (Å²) < 4.78 is 7.93. The summed E-state index contributed by atoms with van der Waals surface area (Å²) in [5.41, 5.74) is 3.50. The maximum atomic E-state index is 13.5. The second kappa shape index (κ2) is 9.00. The molecule has 0 aromatic carbocycles. The zero-order valence-corrected chi connectivity index (χ0v) is 21.5. The van der Waals surface area contributed by atoms with Crippen LogP contribution in [0.4, 0.5) is 0 Å². The zero-order valence-electron chi connectivity index (χ0n) is 21.5. The number of carbonyl (C=O) groups is 2. The van der Waals surface area contributed by atoms with E-state index in [1.54, 1.807) is 16.8 Å². The van der Waals surface area contributed by atoms with Gasteiger partial charge in [0.15, 0.2) is 5.43 Å². The lowest BCUT2D eigenvalue weighted by Gasteiger charge is -2.61. The summed E-state index contributed by atoms with van der Waals surface area (Å²) in [6.07, 6.45) is 6.79. The highest BCUT2D eigenvalue weighted by Gasteiger charge is 2.68. The fourth-order valence-corrected chi connectivity index (χ4v) is 7.66. The molecular weight excluding hydrogens is 444 g/mol. The predicted octanol–water partition coefficient (Wildman–Crippen LogP) is 3.33. The molecule has 4 rings (SSSR count). The number of carbonyl (C=O) groups excluding carboxylic acids is 2. The molecule has 0 saturated heterocycles. The van der Waals surface area contributed by atoms with Gasteiger partial charge in [-0.1, -0.05) is 33.8 Å². The Labute approximate surface area is 207 Å². The van der Waals surface area contributed by atoms with E-state index in [-0.39, 0.29) is 34.5 Å². The Bertz CT molecular complexity index is 1080. The maximum Gasteiger partial charge on any atom is 0.343 e. The molecule has 0 amide bonds. The van der Waals surface area contributed by atoms with Gasteiger partial charge in [-0.15, -0.1) is 6.58 Å². The van der Waals surface area contributed by atoms with Crippen molar-refractivity contribution in [2.45, 2.75) is 78.6 Å². The molecule has 0 spiro atoms. The minimum atomic E-state index is -0.730. The number of aromatic nitrogens is 1. The van der Waals surface area contributed by atoms with Gasteiger partial charge in [0, 0.05) is 54.7 Å². The van der Waals surface area contributed by atoms with Crippen LogP contribution < -0.4 is 11.2 Å². The zero-order chi connectivity index (χ0) is 25.8. The average Bonchev–Trinajstić information content (AvgIpc) is 3.19. The number of Topliss-reactive ketones (excluding diaryl/α,β-unsaturated/α-hetero) is 1. The highest BCUT2D eigenvalue weighted by molar-refractivity contribution is 5.89. The van der Waals surface area contributed by atoms with Crippen LogP contribution in [-0.2, 0) is 16.1 Å². The van der Waals surface area contributed by atoms with Gasteiger partial charge in [0.2, 0.25) is 0 Å². The molecule has 1 aromatic rings. The first kappa shape index (κ1) is 25.8. The molecule has 0 aliphatic heterocycles. The maximum absolute atomic E-state index is 13.5. The average molecular weight is 485 g/mol. The number of aliphatic hydroxyl groups is 1. The lowest BCUT2D eigenvalue weighted by Crippen LogP contribution is -2.63. The predicted molar refractivity (Wildman–Crippen MR) is 134 cm³/mol. The van der Waals surface area contributed by atoms with Gasteiger partial charge < -0.3 is 20.1 Å². The fraction of sp³-hybridized carbons (Fsp3) is 0.679. The lowest BCUT2D eigenvalue weighted by atomic mass is 9.44. The highest BCUT2D eigenvalue weighted by Crippen LogP contribution is 2.68. The second-order valence-electron chi connectivity index (χ2n) is 11.7. The first-order valence-electron chi connectivity index (χ1n) is 12.9. The minimum Gasteiger partial charge on any atom is -0.458 e. The minimum absolute atomic E-state index is 0.0479. The molecule has 8 atom stereocenters. The highest BCUT2D eigenvalue weighted by atomic mass is 16.5. The van der Waals surface area contributed by atoms with E-state index in [0.29, 0.717) is 25.9 Å². The van der Waals surface area contributed by atoms with Crippen LogP contribution in [0.25, 0.3) is 0 Å². The molecule has 3 aliphatic carbocycles. The Hall–Kier alpha value is -2.25. The normalized spacial score (nSPS) is 41.0. The molecule has 7 heteroatoms. The van der Waals surface area contributed by atoms with Crippen LogP contribution in [0.15, 0.2) is 35.9 Å². The summed E-state index contributed by atoms with van der Waals surface area (Å²) in [5, 5.41) is 11.6. The van der Waals surface area contributed by atoms with Crippen LogP contribution in [0.1, 0.15) is 70.2 Å². The molecular formula is C28H40N2O5. The van der Waals surface area contributed by atoms with Crippen molar-refractivity contribution in [2.75, 3.05) is 6.54 Å². The van der Waals surface area contributed by atoms with Gasteiger partial charge in [0.05, 0.1) is 6.10 Å². The van der Waals surface area contributed by atoms with E-state index in [2.05, 4.69) is 27.4 Å². The molecule has 3 N–H and O–H groups in total. The molecule has 2 unspecified atom stereocenters. The van der Waals surface area contributed by atoms with Gasteiger partial charge in [-0.05, 0) is 42.9 Å². The molecule has 7 nitrogen and oxygen atoms in total. The Kier molecular flexibility index (Phi) is 6.64. The van der Waals surface area contributed by atoms with Crippen molar-refractivity contribution in [3.63, 3.8) is 0 Å². The Balaban J connectivity index is 1.83. The van der Waals surface area contributed by atoms with Crippen LogP contribution in [0.5, 0.6) is 0 Å². The standard InChI is InChI=1S/C28H40N2O5/c1-6-26(4)15-22(35-25(34)19-16-30(14-12-29)13-9-20(19)31)27(5)17(2)7-10-28(18(3)24(26)33)11-8-21(32)23(27)28/h6,9,13,16-18,22-24,33H,1,7-8,10-12,14-15,29H2,2-5H3/t17-,18+,22-,23?,24+,26-,27+,28?/m1/s1. The Morgan fingerprint density at radius 2 is 2.03 bits per heavy atom. The number of rotatable bonds is 5. The fourth-order valence-electron chi connectivity index (χ4n) is 7.66. The van der Waals surface area contributed by atoms with E-state index in [1.807, 2.05) is 6.92 Å². The molecule has 3 aliphatic rings. The summed E-state index contributed by atoms with van der Waals surface area (Å²) >= 11 is 0. The molecule has 2 bridgehead atoms. The van der Waals surface area contributed by atoms with Crippen molar-refractivity contribution in [1.82, 2.24) is 4.57 Å². The third-order valence-electron chi connectivity index (χ3n) is 10.1. The van der Waals surface area contributed by atoms with Gasteiger partial charge >= 0.3 is 5.97 Å². The molecule has 3 saturated carbocycles. The Morgan fingerprint density at radius 3 is 2.69 bits per heavy atom. The van der Waals surface area contributed by atoms with Gasteiger partial charge in [-0.2, -0.15) is 0 Å². The van der Waals surface area contributed by atoms with Gasteiger partial charge in [-0.3, -0.25) is 9.59 Å². The lowest BCUT2D eigenvalue weighted by molar-refractivity contribution is -0.192. The number of ether oxygens (including phenoxy) is 1. The van der Waals surface area contributed by atoms with E-state index in [0.717, 1.165) is 19.3 Å². The van der Waals surface area contributed by atoms with Crippen LogP contribution >= 0.6 is 0 Å². The summed E-state index contributed by atoms with van der Waals surface area (Å²) in [6.45, 7) is 13.1. The van der Waals surface area contributed by atoms with Crippen molar-refractivity contribution in [3.05, 3.63) is 46.9 Å². The van der Waals surface area contributed by atoms with Crippen molar-refractivity contribution < 1.29 is 19.4 Å². The number of nitrogens with zero attached hydrogens (tertiary/aromatic N) is 1. The van der Waals surface area contributed by atoms with E-state index < -0.39 is 34.4 Å². The number of hydrogen-bond donors (Lipinski definition) is 2. The Morgan fingerprint density at radius 1 is 1.31 bits per heavy atom. The van der Waals surface area contributed by atoms with Crippen molar-refractivity contribution >= 4 is 11.8 Å². The van der Waals surface area contributed by atoms with Crippen molar-refractivity contribution in [1.29, 1.82) is 0 Å². The molecule has 35 heavy (non-hydrogen) atoms. The SMILES string of the molecule is C=C[C@]1(C)C[C@@H](OC(=O)c2cn(CCN)ccc2=O)[C@@]2(C)C3C(=O)CCC3(CC[C@H]2C)[C@@H](C)[C@@H]1O. The first-order chi connectivity index (χ1) is 16.4. The number of esters is 1. The van der Waals surface area contributed by atoms with Gasteiger partial charge in [-0.25, -0.2) is 4.79 Å². The second-order valence-corrected chi connectivity index (χ2v) is 11.7. The number of pyridine rings is 1. The third kappa shape index (κ3) is 3.82. The molecule has 1 aromatic heterocycles. The van der Waals surface area contributed by atoms with E-state index in [9.17, 15) is 19.5 Å². The number of ketones is 1. The smallest absolute Gasteiger partial charge is 0.343 e.